The summed E-state index contributed by atoms with van der Waals surface area (Å²) in [6.07, 6.45) is 0. The SMILES string of the molecule is CC(=O)Nc1cccc(NS(=O)(=O)c2c(C)cc(C)cc2C)c1. The van der Waals surface area contributed by atoms with Crippen molar-refractivity contribution in [3.63, 3.8) is 0 Å². The topological polar surface area (TPSA) is 75.3 Å². The Morgan fingerprint density at radius 3 is 2.09 bits per heavy atom. The quantitative estimate of drug-likeness (QED) is 0.901. The number of anilines is 2. The third-order valence-electron chi connectivity index (χ3n) is 3.31. The zero-order chi connectivity index (χ0) is 17.2. The standard InChI is InChI=1S/C17H20N2O3S/c1-11-8-12(2)17(13(3)9-11)23(21,22)19-16-7-5-6-15(10-16)18-14(4)20/h5-10,19H,1-4H3,(H,18,20). The van der Waals surface area contributed by atoms with Gasteiger partial charge in [0, 0.05) is 12.6 Å². The molecule has 2 aromatic rings. The Bertz CT molecular complexity index is 835. The normalized spacial score (nSPS) is 11.1. The van der Waals surface area contributed by atoms with Crippen molar-refractivity contribution in [2.24, 2.45) is 0 Å². The summed E-state index contributed by atoms with van der Waals surface area (Å²) >= 11 is 0. The fourth-order valence-corrected chi connectivity index (χ4v) is 4.17. The first kappa shape index (κ1) is 17.0. The van der Waals surface area contributed by atoms with Crippen LogP contribution in [0.4, 0.5) is 11.4 Å². The molecule has 0 bridgehead atoms. The van der Waals surface area contributed by atoms with Crippen molar-refractivity contribution in [2.75, 3.05) is 10.0 Å². The molecule has 0 aromatic heterocycles. The highest BCUT2D eigenvalue weighted by atomic mass is 32.2. The first-order valence-corrected chi connectivity index (χ1v) is 8.65. The van der Waals surface area contributed by atoms with Gasteiger partial charge in [0.2, 0.25) is 5.91 Å². The van der Waals surface area contributed by atoms with Crippen LogP contribution in [0.25, 0.3) is 0 Å². The molecular formula is C17H20N2O3S. The maximum absolute atomic E-state index is 12.7. The second-order valence-electron chi connectivity index (χ2n) is 5.60. The molecule has 0 fully saturated rings. The Labute approximate surface area is 136 Å². The lowest BCUT2D eigenvalue weighted by atomic mass is 10.1. The molecule has 0 aliphatic heterocycles. The van der Waals surface area contributed by atoms with Gasteiger partial charge in [0.25, 0.3) is 10.0 Å². The lowest BCUT2D eigenvalue weighted by Gasteiger charge is -2.14. The zero-order valence-electron chi connectivity index (χ0n) is 13.6. The number of hydrogen-bond donors (Lipinski definition) is 2. The van der Waals surface area contributed by atoms with Crippen LogP contribution in [0.3, 0.4) is 0 Å². The maximum atomic E-state index is 12.7. The summed E-state index contributed by atoms with van der Waals surface area (Å²) in [4.78, 5) is 11.4. The first-order chi connectivity index (χ1) is 10.7. The van der Waals surface area contributed by atoms with Crippen LogP contribution < -0.4 is 10.0 Å². The Morgan fingerprint density at radius 2 is 1.52 bits per heavy atom. The van der Waals surface area contributed by atoms with E-state index in [0.29, 0.717) is 22.5 Å². The van der Waals surface area contributed by atoms with Crippen LogP contribution in [0.15, 0.2) is 41.3 Å². The third-order valence-corrected chi connectivity index (χ3v) is 4.99. The molecular weight excluding hydrogens is 312 g/mol. The largest absolute Gasteiger partial charge is 0.326 e. The van der Waals surface area contributed by atoms with Crippen molar-refractivity contribution in [1.29, 1.82) is 0 Å². The summed E-state index contributed by atoms with van der Waals surface area (Å²) in [5, 5.41) is 2.63. The number of amides is 1. The molecule has 2 aromatic carbocycles. The number of hydrogen-bond acceptors (Lipinski definition) is 3. The van der Waals surface area contributed by atoms with Crippen molar-refractivity contribution in [3.8, 4) is 0 Å². The van der Waals surface area contributed by atoms with E-state index in [1.807, 2.05) is 19.1 Å². The monoisotopic (exact) mass is 332 g/mol. The van der Waals surface area contributed by atoms with Crippen molar-refractivity contribution in [1.82, 2.24) is 0 Å². The molecule has 0 unspecified atom stereocenters. The Hall–Kier alpha value is -2.34. The van der Waals surface area contributed by atoms with E-state index in [4.69, 9.17) is 0 Å². The molecule has 0 saturated carbocycles. The molecule has 0 atom stereocenters. The van der Waals surface area contributed by atoms with E-state index in [0.717, 1.165) is 5.56 Å². The molecule has 0 aliphatic rings. The smallest absolute Gasteiger partial charge is 0.262 e. The lowest BCUT2D eigenvalue weighted by Crippen LogP contribution is -2.16. The third kappa shape index (κ3) is 4.10. The van der Waals surface area contributed by atoms with Gasteiger partial charge in [-0.15, -0.1) is 0 Å². The summed E-state index contributed by atoms with van der Waals surface area (Å²) in [7, 11) is -3.70. The van der Waals surface area contributed by atoms with Gasteiger partial charge in [-0.3, -0.25) is 9.52 Å². The lowest BCUT2D eigenvalue weighted by molar-refractivity contribution is -0.114. The van der Waals surface area contributed by atoms with Crippen molar-refractivity contribution < 1.29 is 13.2 Å². The Balaban J connectivity index is 2.38. The van der Waals surface area contributed by atoms with Gasteiger partial charge in [0.1, 0.15) is 0 Å². The van der Waals surface area contributed by atoms with E-state index in [-0.39, 0.29) is 10.8 Å². The van der Waals surface area contributed by atoms with Crippen LogP contribution in [0.1, 0.15) is 23.6 Å². The van der Waals surface area contributed by atoms with Gasteiger partial charge in [-0.2, -0.15) is 0 Å². The number of rotatable bonds is 4. The summed E-state index contributed by atoms with van der Waals surface area (Å²) in [6.45, 7) is 6.89. The second kappa shape index (κ2) is 6.42. The van der Waals surface area contributed by atoms with Gasteiger partial charge in [0.05, 0.1) is 10.6 Å². The summed E-state index contributed by atoms with van der Waals surface area (Å²) < 4.78 is 27.9. The second-order valence-corrected chi connectivity index (χ2v) is 7.21. The molecule has 23 heavy (non-hydrogen) atoms. The highest BCUT2D eigenvalue weighted by Gasteiger charge is 2.20. The van der Waals surface area contributed by atoms with Crippen LogP contribution in [0.2, 0.25) is 0 Å². The Kier molecular flexibility index (Phi) is 4.75. The zero-order valence-corrected chi connectivity index (χ0v) is 14.4. The fraction of sp³-hybridized carbons (Fsp3) is 0.235. The van der Waals surface area contributed by atoms with E-state index < -0.39 is 10.0 Å². The predicted molar refractivity (Wildman–Crippen MR) is 92.2 cm³/mol. The molecule has 1 amide bonds. The van der Waals surface area contributed by atoms with Crippen LogP contribution in [0, 0.1) is 20.8 Å². The molecule has 0 saturated heterocycles. The Morgan fingerprint density at radius 1 is 0.957 bits per heavy atom. The summed E-state index contributed by atoms with van der Waals surface area (Å²) in [6, 6.07) is 10.3. The molecule has 2 rings (SSSR count). The van der Waals surface area contributed by atoms with Crippen LogP contribution in [-0.2, 0) is 14.8 Å². The summed E-state index contributed by atoms with van der Waals surface area (Å²) in [5.74, 6) is -0.213. The van der Waals surface area contributed by atoms with E-state index in [1.165, 1.54) is 6.92 Å². The molecule has 0 radical (unpaired) electrons. The minimum absolute atomic E-state index is 0.213. The first-order valence-electron chi connectivity index (χ1n) is 7.17. The highest BCUT2D eigenvalue weighted by Crippen LogP contribution is 2.25. The van der Waals surface area contributed by atoms with Gasteiger partial charge in [-0.05, 0) is 50.1 Å². The molecule has 0 heterocycles. The number of aryl methyl sites for hydroxylation is 3. The van der Waals surface area contributed by atoms with E-state index >= 15 is 0 Å². The van der Waals surface area contributed by atoms with Gasteiger partial charge in [0.15, 0.2) is 0 Å². The number of sulfonamides is 1. The highest BCUT2D eigenvalue weighted by molar-refractivity contribution is 7.92. The van der Waals surface area contributed by atoms with E-state index in [1.54, 1.807) is 38.1 Å². The minimum atomic E-state index is -3.70. The minimum Gasteiger partial charge on any atom is -0.326 e. The van der Waals surface area contributed by atoms with Gasteiger partial charge >= 0.3 is 0 Å². The summed E-state index contributed by atoms with van der Waals surface area (Å²) in [5.41, 5.74) is 3.36. The fourth-order valence-electron chi connectivity index (χ4n) is 2.66. The molecule has 6 heteroatoms. The number of carbonyl (C=O) groups is 1. The number of nitrogens with one attached hydrogen (secondary N) is 2. The van der Waals surface area contributed by atoms with Crippen molar-refractivity contribution in [2.45, 2.75) is 32.6 Å². The van der Waals surface area contributed by atoms with Gasteiger partial charge in [-0.1, -0.05) is 23.8 Å². The maximum Gasteiger partial charge on any atom is 0.262 e. The van der Waals surface area contributed by atoms with Crippen molar-refractivity contribution >= 4 is 27.3 Å². The number of carbonyl (C=O) groups excluding carboxylic acids is 1. The van der Waals surface area contributed by atoms with Crippen LogP contribution in [0.5, 0.6) is 0 Å². The van der Waals surface area contributed by atoms with Gasteiger partial charge < -0.3 is 5.32 Å². The molecule has 0 spiro atoms. The van der Waals surface area contributed by atoms with Crippen LogP contribution >= 0.6 is 0 Å². The average molecular weight is 332 g/mol. The molecule has 2 N–H and O–H groups in total. The molecule has 122 valence electrons. The average Bonchev–Trinajstić information content (AvgIpc) is 2.35. The van der Waals surface area contributed by atoms with E-state index in [9.17, 15) is 13.2 Å². The van der Waals surface area contributed by atoms with Crippen LogP contribution in [-0.4, -0.2) is 14.3 Å². The predicted octanol–water partition coefficient (Wildman–Crippen LogP) is 3.37. The molecule has 0 aliphatic carbocycles. The van der Waals surface area contributed by atoms with Crippen molar-refractivity contribution in [3.05, 3.63) is 53.1 Å². The number of benzene rings is 2. The van der Waals surface area contributed by atoms with E-state index in [2.05, 4.69) is 10.0 Å². The van der Waals surface area contributed by atoms with Gasteiger partial charge in [-0.25, -0.2) is 8.42 Å². The molecule has 5 nitrogen and oxygen atoms in total.